The molecule has 3 aliphatic rings. The number of hydrogen-bond donors (Lipinski definition) is 1. The summed E-state index contributed by atoms with van der Waals surface area (Å²) >= 11 is 31.4. The molecule has 9 heterocycles. The third-order valence-electron chi connectivity index (χ3n) is 18.9. The minimum Gasteiger partial charge on any atom is -0.317 e. The molecule has 27 heteroatoms. The second kappa shape index (κ2) is 31.8. The van der Waals surface area contributed by atoms with Crippen LogP contribution in [0.25, 0.3) is 67.7 Å². The Labute approximate surface area is 630 Å². The molecule has 0 radical (unpaired) electrons. The van der Waals surface area contributed by atoms with Crippen LogP contribution < -0.4 is 5.32 Å². The number of imidazole rings is 3. The van der Waals surface area contributed by atoms with E-state index < -0.39 is 29.1 Å². The van der Waals surface area contributed by atoms with Gasteiger partial charge in [-0.25, -0.2) is 55.2 Å². The van der Waals surface area contributed by atoms with Crippen LogP contribution in [-0.2, 0) is 29.1 Å². The van der Waals surface area contributed by atoms with Gasteiger partial charge >= 0.3 is 0 Å². The first kappa shape index (κ1) is 75.3. The maximum atomic E-state index is 13.3. The van der Waals surface area contributed by atoms with Gasteiger partial charge < -0.3 is 19.0 Å². The van der Waals surface area contributed by atoms with Gasteiger partial charge in [-0.3, -0.25) is 0 Å². The summed E-state index contributed by atoms with van der Waals surface area (Å²) in [6, 6.07) is 50.2. The first-order chi connectivity index (χ1) is 49.2. The summed E-state index contributed by atoms with van der Waals surface area (Å²) in [5.41, 5.74) is 14.3. The highest BCUT2D eigenvalue weighted by atomic mass is 35.7. The van der Waals surface area contributed by atoms with Gasteiger partial charge in [-0.1, -0.05) is 113 Å². The number of benzene rings is 6. The fraction of sp³-hybridized carbons (Fsp3) is 0.289. The molecule has 6 aromatic carbocycles. The predicted molar refractivity (Wildman–Crippen MR) is 415 cm³/mol. The summed E-state index contributed by atoms with van der Waals surface area (Å²) in [5.74, 6) is 2.45. The van der Waals surface area contributed by atoms with E-state index in [0.717, 1.165) is 138 Å². The van der Waals surface area contributed by atoms with Crippen molar-refractivity contribution in [1.29, 1.82) is 0 Å². The molecular formula is C76H76Cl6N12O6S3. The SMILES string of the molecule is Cc1ccc(S(=O)(=O)Cl)cc1Cl.Cc1ccc2nc(-c3ccccc3Cl)n(C3CCN(S(=O)(=O)c4ccc(C)c(C)c4)CC3)c2n1.Cc1ccc2nc(-c3ccccc3Cl)n(C3CCN(S(=O)(=O)c4ccc(C)c(Cl)c4)CC3)c2n1.Cc1ccc2nc(-c3ccccc3Cl)n(C3CCNCC3)c2n1. The van der Waals surface area contributed by atoms with Crippen LogP contribution in [0.15, 0.2) is 178 Å². The second-order valence-electron chi connectivity index (χ2n) is 26.0. The van der Waals surface area contributed by atoms with Crippen LogP contribution in [0.5, 0.6) is 0 Å². The van der Waals surface area contributed by atoms with E-state index in [-0.39, 0.29) is 21.9 Å². The maximum absolute atomic E-state index is 13.3. The number of nitrogens with zero attached hydrogens (tertiary/aromatic N) is 11. The van der Waals surface area contributed by atoms with Crippen molar-refractivity contribution in [3.05, 3.63) is 228 Å². The number of halogens is 6. The lowest BCUT2D eigenvalue weighted by Gasteiger charge is -2.33. The zero-order valence-electron chi connectivity index (χ0n) is 57.7. The van der Waals surface area contributed by atoms with Crippen molar-refractivity contribution in [2.24, 2.45) is 0 Å². The van der Waals surface area contributed by atoms with Crippen molar-refractivity contribution in [2.45, 2.75) is 120 Å². The summed E-state index contributed by atoms with van der Waals surface area (Å²) < 4.78 is 84.5. The molecule has 3 fully saturated rings. The normalized spacial score (nSPS) is 15.3. The number of aromatic nitrogens is 9. The summed E-state index contributed by atoms with van der Waals surface area (Å²) in [5, 5.41) is 6.26. The van der Waals surface area contributed by atoms with Crippen molar-refractivity contribution in [2.75, 3.05) is 39.3 Å². The minimum absolute atomic E-state index is 0.0276. The average Bonchev–Trinajstić information content (AvgIpc) is 1.66. The smallest absolute Gasteiger partial charge is 0.261 e. The van der Waals surface area contributed by atoms with E-state index in [1.165, 1.54) is 22.5 Å². The molecule has 0 unspecified atom stereocenters. The molecule has 3 aliphatic heterocycles. The zero-order chi connectivity index (χ0) is 73.2. The Hall–Kier alpha value is -7.35. The minimum atomic E-state index is -3.65. The van der Waals surface area contributed by atoms with Gasteiger partial charge in [0.15, 0.2) is 16.9 Å². The first-order valence-electron chi connectivity index (χ1n) is 33.7. The van der Waals surface area contributed by atoms with Gasteiger partial charge in [-0.2, -0.15) is 8.61 Å². The Kier molecular flexibility index (Phi) is 23.2. The molecule has 0 atom stereocenters. The molecule has 103 heavy (non-hydrogen) atoms. The van der Waals surface area contributed by atoms with Gasteiger partial charge in [0.1, 0.15) is 34.0 Å². The van der Waals surface area contributed by atoms with Crippen molar-refractivity contribution in [3.63, 3.8) is 0 Å². The maximum Gasteiger partial charge on any atom is 0.261 e. The van der Waals surface area contributed by atoms with E-state index in [1.807, 2.05) is 151 Å². The number of piperidine rings is 3. The Morgan fingerprint density at radius 2 is 0.670 bits per heavy atom. The molecule has 536 valence electrons. The van der Waals surface area contributed by atoms with Crippen LogP contribution in [0, 0.1) is 48.5 Å². The van der Waals surface area contributed by atoms with E-state index >= 15 is 0 Å². The van der Waals surface area contributed by atoms with Gasteiger partial charge in [0.2, 0.25) is 20.0 Å². The monoisotopic (exact) mass is 1560 g/mol. The largest absolute Gasteiger partial charge is 0.317 e. The molecular weight excluding hydrogens is 1490 g/mol. The van der Waals surface area contributed by atoms with Crippen LogP contribution >= 0.6 is 68.7 Å². The predicted octanol–water partition coefficient (Wildman–Crippen LogP) is 18.3. The molecule has 1 N–H and O–H groups in total. The number of fused-ring (bicyclic) bond motifs is 3. The molecule has 12 aromatic rings. The van der Waals surface area contributed by atoms with Crippen LogP contribution in [0.3, 0.4) is 0 Å². The highest BCUT2D eigenvalue weighted by Gasteiger charge is 2.35. The van der Waals surface area contributed by atoms with Crippen LogP contribution in [0.4, 0.5) is 0 Å². The van der Waals surface area contributed by atoms with E-state index in [0.29, 0.717) is 82.9 Å². The second-order valence-corrected chi connectivity index (χ2v) is 34.5. The lowest BCUT2D eigenvalue weighted by molar-refractivity contribution is 0.278. The van der Waals surface area contributed by atoms with E-state index in [9.17, 15) is 25.3 Å². The van der Waals surface area contributed by atoms with Crippen molar-refractivity contribution < 1.29 is 25.3 Å². The number of sulfonamides is 2. The molecule has 6 aromatic heterocycles. The molecule has 0 bridgehead atoms. The molecule has 0 saturated carbocycles. The van der Waals surface area contributed by atoms with Crippen LogP contribution in [0.2, 0.25) is 25.1 Å². The number of rotatable bonds is 11. The van der Waals surface area contributed by atoms with Gasteiger partial charge in [0, 0.05) is 98.8 Å². The molecule has 0 spiro atoms. The van der Waals surface area contributed by atoms with Gasteiger partial charge in [0.05, 0.1) is 29.8 Å². The fourth-order valence-electron chi connectivity index (χ4n) is 13.1. The summed E-state index contributed by atoms with van der Waals surface area (Å²) in [4.78, 5) is 29.5. The summed E-state index contributed by atoms with van der Waals surface area (Å²) in [7, 11) is -5.72. The van der Waals surface area contributed by atoms with Crippen LogP contribution in [-0.4, -0.2) is 117 Å². The standard InChI is InChI=1S/C26H27ClN4O2S.C25H24Cl2N4O2S.C18H19ClN4.C7H6Cl2O2S/c1-17-8-10-21(16-18(17)2)34(32,33)30-14-12-20(13-15-30)31-25(22-6-4-5-7-23(22)27)29-24-11-9-19(3)28-26(24)31;1-16-7-9-19(15-22(16)27)34(32,33)30-13-11-18(12-14-30)31-24(20-5-3-4-6-21(20)26)29-23-10-8-17(2)28-25(23)31;1-12-6-7-16-18(21-12)23(13-8-10-20-11-9-13)17(22-16)14-4-2-3-5-15(14)19;1-5-2-3-6(4-7(5)8)12(9,10)11/h4-11,16,20H,12-15H2,1-3H3;3-10,15,18H,11-14H2,1-2H3;2-7,13,20H,8-11H2,1H3;2-4H,1H3. The summed E-state index contributed by atoms with van der Waals surface area (Å²) in [6.45, 7) is 17.2. The topological polar surface area (TPSA) is 213 Å². The van der Waals surface area contributed by atoms with Gasteiger partial charge in [-0.05, 0) is 232 Å². The van der Waals surface area contributed by atoms with Gasteiger partial charge in [-0.15, -0.1) is 0 Å². The average molecular weight is 1560 g/mol. The molecule has 18 nitrogen and oxygen atoms in total. The third-order valence-corrected chi connectivity index (χ3v) is 25.9. The first-order valence-corrected chi connectivity index (χ1v) is 40.8. The third kappa shape index (κ3) is 16.5. The van der Waals surface area contributed by atoms with Crippen molar-refractivity contribution in [3.8, 4) is 34.2 Å². The number of hydrogen-bond acceptors (Lipinski definition) is 13. The molecule has 15 rings (SSSR count). The Balaban J connectivity index is 0.000000137. The van der Waals surface area contributed by atoms with Crippen molar-refractivity contribution >= 4 is 131 Å². The molecule has 3 saturated heterocycles. The number of pyridine rings is 3. The Morgan fingerprint density at radius 3 is 1.01 bits per heavy atom. The summed E-state index contributed by atoms with van der Waals surface area (Å²) in [6.07, 6.45) is 4.77. The van der Waals surface area contributed by atoms with Crippen LogP contribution in [0.1, 0.15) is 96.0 Å². The lowest BCUT2D eigenvalue weighted by atomic mass is 10.1. The van der Waals surface area contributed by atoms with E-state index in [2.05, 4.69) is 25.1 Å². The lowest BCUT2D eigenvalue weighted by Crippen LogP contribution is -2.39. The Morgan fingerprint density at radius 1 is 0.350 bits per heavy atom. The van der Waals surface area contributed by atoms with Crippen molar-refractivity contribution in [1.82, 2.24) is 57.5 Å². The zero-order valence-corrected chi connectivity index (χ0v) is 64.7. The van der Waals surface area contributed by atoms with Gasteiger partial charge in [0.25, 0.3) is 9.05 Å². The fourth-order valence-corrected chi connectivity index (χ4v) is 18.1. The Bertz CT molecular complexity index is 5290. The number of aryl methyl sites for hydroxylation is 7. The highest BCUT2D eigenvalue weighted by molar-refractivity contribution is 8.13. The van der Waals surface area contributed by atoms with E-state index in [1.54, 1.807) is 41.6 Å². The number of nitrogens with one attached hydrogen (secondary N) is 1. The highest BCUT2D eigenvalue weighted by Crippen LogP contribution is 2.41. The molecule has 0 amide bonds. The van der Waals surface area contributed by atoms with E-state index in [4.69, 9.17) is 98.6 Å². The molecule has 0 aliphatic carbocycles. The quantitative estimate of drug-likeness (QED) is 0.120.